The number of aryl methyl sites for hydroxylation is 3. The largest absolute Gasteiger partial charge is 0.466 e. The van der Waals surface area contributed by atoms with E-state index in [0.717, 1.165) is 39.1 Å². The third-order valence-electron chi connectivity index (χ3n) is 4.13. The molecule has 23 heavy (non-hydrogen) atoms. The summed E-state index contributed by atoms with van der Waals surface area (Å²) in [6.07, 6.45) is 1.54. The maximum Gasteiger partial charge on any atom is 0.331 e. The smallest absolute Gasteiger partial charge is 0.331 e. The molecule has 2 rings (SSSR count). The molecule has 0 aliphatic rings. The molecule has 0 aliphatic carbocycles. The van der Waals surface area contributed by atoms with E-state index in [9.17, 15) is 4.79 Å². The van der Waals surface area contributed by atoms with Gasteiger partial charge in [-0.25, -0.2) is 4.79 Å². The number of nitrogens with two attached hydrogens (primary N) is 1. The van der Waals surface area contributed by atoms with Gasteiger partial charge in [0, 0.05) is 11.8 Å². The Bertz CT molecular complexity index is 771. The van der Waals surface area contributed by atoms with Gasteiger partial charge in [-0.15, -0.1) is 0 Å². The highest BCUT2D eigenvalue weighted by Crippen LogP contribution is 2.33. The molecule has 2 aromatic rings. The lowest BCUT2D eigenvalue weighted by Crippen LogP contribution is -2.05. The molecule has 0 heterocycles. The van der Waals surface area contributed by atoms with Crippen molar-refractivity contribution in [1.29, 1.82) is 0 Å². The average Bonchev–Trinajstić information content (AvgIpc) is 2.52. The molecular formula is C20H23NO2. The molecular weight excluding hydrogens is 286 g/mol. The number of nitrogen functional groups attached to an aromatic ring is 1. The average molecular weight is 309 g/mol. The molecule has 0 unspecified atom stereocenters. The van der Waals surface area contributed by atoms with Crippen LogP contribution in [0.15, 0.2) is 36.4 Å². The molecule has 3 nitrogen and oxygen atoms in total. The lowest BCUT2D eigenvalue weighted by molar-refractivity contribution is -0.134. The van der Waals surface area contributed by atoms with E-state index in [4.69, 9.17) is 10.5 Å². The number of carbonyl (C=O) groups excluding carboxylic acids is 1. The Balaban J connectivity index is 2.74. The predicted octanol–water partition coefficient (Wildman–Crippen LogP) is 4.11. The van der Waals surface area contributed by atoms with Gasteiger partial charge in [0.25, 0.3) is 0 Å². The lowest BCUT2D eigenvalue weighted by atomic mass is 9.88. The molecule has 0 radical (unpaired) electrons. The first-order chi connectivity index (χ1) is 10.8. The van der Waals surface area contributed by atoms with Gasteiger partial charge in [0.2, 0.25) is 0 Å². The van der Waals surface area contributed by atoms with Gasteiger partial charge in [-0.05, 0) is 61.1 Å². The van der Waals surface area contributed by atoms with E-state index >= 15 is 0 Å². The second-order valence-electron chi connectivity index (χ2n) is 5.87. The molecule has 0 spiro atoms. The van der Waals surface area contributed by atoms with Crippen LogP contribution < -0.4 is 5.73 Å². The van der Waals surface area contributed by atoms with Gasteiger partial charge in [0.15, 0.2) is 0 Å². The molecule has 120 valence electrons. The van der Waals surface area contributed by atoms with Crippen molar-refractivity contribution in [1.82, 2.24) is 0 Å². The van der Waals surface area contributed by atoms with Crippen LogP contribution in [-0.4, -0.2) is 13.1 Å². The van der Waals surface area contributed by atoms with Crippen molar-refractivity contribution in [2.75, 3.05) is 12.8 Å². The molecule has 0 atom stereocenters. The van der Waals surface area contributed by atoms with Crippen molar-refractivity contribution < 1.29 is 9.53 Å². The van der Waals surface area contributed by atoms with Gasteiger partial charge in [0.05, 0.1) is 7.11 Å². The summed E-state index contributed by atoms with van der Waals surface area (Å²) in [7, 11) is 1.38. The molecule has 0 amide bonds. The molecule has 2 N–H and O–H groups in total. The van der Waals surface area contributed by atoms with Crippen LogP contribution in [0.1, 0.15) is 33.4 Å². The fraction of sp³-hybridized carbons (Fsp3) is 0.250. The van der Waals surface area contributed by atoms with Crippen LogP contribution in [0.5, 0.6) is 0 Å². The standard InChI is InChI=1S/C20H23NO2/c1-12-6-8-16(9-7-12)17(11-18(22)23-5)19-13(2)10-14(3)20(21)15(19)4/h6-11H,21H2,1-5H3/b17-11+. The molecule has 0 bridgehead atoms. The second kappa shape index (κ2) is 6.69. The highest BCUT2D eigenvalue weighted by molar-refractivity contribution is 5.98. The molecule has 0 aliphatic heterocycles. The topological polar surface area (TPSA) is 52.3 Å². The van der Waals surface area contributed by atoms with Crippen molar-refractivity contribution >= 4 is 17.2 Å². The first-order valence-electron chi connectivity index (χ1n) is 7.58. The first-order valence-corrected chi connectivity index (χ1v) is 7.58. The number of hydrogen-bond acceptors (Lipinski definition) is 3. The quantitative estimate of drug-likeness (QED) is 0.527. The third-order valence-corrected chi connectivity index (χ3v) is 4.13. The summed E-state index contributed by atoms with van der Waals surface area (Å²) in [5.74, 6) is -0.376. The number of esters is 1. The Hall–Kier alpha value is -2.55. The molecule has 3 heteroatoms. The number of ether oxygens (including phenoxy) is 1. The summed E-state index contributed by atoms with van der Waals surface area (Å²) in [6, 6.07) is 10.1. The van der Waals surface area contributed by atoms with Gasteiger partial charge in [-0.2, -0.15) is 0 Å². The van der Waals surface area contributed by atoms with Gasteiger partial charge < -0.3 is 10.5 Å². The zero-order valence-corrected chi connectivity index (χ0v) is 14.4. The van der Waals surface area contributed by atoms with E-state index in [1.807, 2.05) is 52.0 Å². The van der Waals surface area contributed by atoms with E-state index in [1.165, 1.54) is 18.7 Å². The Kier molecular flexibility index (Phi) is 4.89. The van der Waals surface area contributed by atoms with Gasteiger partial charge in [-0.1, -0.05) is 35.9 Å². The van der Waals surface area contributed by atoms with Gasteiger partial charge in [-0.3, -0.25) is 0 Å². The molecule has 2 aromatic carbocycles. The van der Waals surface area contributed by atoms with Crippen LogP contribution in [0.2, 0.25) is 0 Å². The summed E-state index contributed by atoms with van der Waals surface area (Å²) in [4.78, 5) is 11.9. The second-order valence-corrected chi connectivity index (χ2v) is 5.87. The van der Waals surface area contributed by atoms with Crippen molar-refractivity contribution in [3.8, 4) is 0 Å². The highest BCUT2D eigenvalue weighted by atomic mass is 16.5. The number of anilines is 1. The maximum atomic E-state index is 11.9. The van der Waals surface area contributed by atoms with E-state index < -0.39 is 0 Å². The minimum Gasteiger partial charge on any atom is -0.466 e. The lowest BCUT2D eigenvalue weighted by Gasteiger charge is -2.18. The van der Waals surface area contributed by atoms with E-state index in [-0.39, 0.29) is 5.97 Å². The molecule has 0 saturated heterocycles. The van der Waals surface area contributed by atoms with Crippen LogP contribution >= 0.6 is 0 Å². The Labute approximate surface area is 137 Å². The normalized spacial score (nSPS) is 11.4. The van der Waals surface area contributed by atoms with E-state index in [2.05, 4.69) is 6.07 Å². The fourth-order valence-corrected chi connectivity index (χ4v) is 2.83. The number of methoxy groups -OCH3 is 1. The van der Waals surface area contributed by atoms with Crippen LogP contribution in [0, 0.1) is 27.7 Å². The number of benzene rings is 2. The number of rotatable bonds is 3. The summed E-state index contributed by atoms with van der Waals surface area (Å²) in [6.45, 7) is 8.06. The SMILES string of the molecule is COC(=O)/C=C(\c1ccc(C)cc1)c1c(C)cc(C)c(N)c1C. The van der Waals surface area contributed by atoms with Crippen LogP contribution in [0.3, 0.4) is 0 Å². The van der Waals surface area contributed by atoms with Crippen molar-refractivity contribution in [3.05, 3.63) is 69.8 Å². The minimum absolute atomic E-state index is 0.376. The van der Waals surface area contributed by atoms with Crippen molar-refractivity contribution in [3.63, 3.8) is 0 Å². The molecule has 0 fully saturated rings. The van der Waals surface area contributed by atoms with Gasteiger partial charge >= 0.3 is 5.97 Å². The van der Waals surface area contributed by atoms with Crippen molar-refractivity contribution in [2.45, 2.75) is 27.7 Å². The minimum atomic E-state index is -0.376. The third kappa shape index (κ3) is 3.45. The highest BCUT2D eigenvalue weighted by Gasteiger charge is 2.16. The van der Waals surface area contributed by atoms with Crippen molar-refractivity contribution in [2.24, 2.45) is 0 Å². The summed E-state index contributed by atoms with van der Waals surface area (Å²) < 4.78 is 4.83. The Morgan fingerprint density at radius 1 is 1.04 bits per heavy atom. The Morgan fingerprint density at radius 2 is 1.65 bits per heavy atom. The molecule has 0 aromatic heterocycles. The first kappa shape index (κ1) is 16.8. The van der Waals surface area contributed by atoms with E-state index in [0.29, 0.717) is 0 Å². The maximum absolute atomic E-state index is 11.9. The van der Waals surface area contributed by atoms with E-state index in [1.54, 1.807) is 0 Å². The number of carbonyl (C=O) groups is 1. The summed E-state index contributed by atoms with van der Waals surface area (Å²) in [5, 5.41) is 0. The zero-order valence-electron chi connectivity index (χ0n) is 14.4. The summed E-state index contributed by atoms with van der Waals surface area (Å²) >= 11 is 0. The van der Waals surface area contributed by atoms with Gasteiger partial charge in [0.1, 0.15) is 0 Å². The van der Waals surface area contributed by atoms with Crippen LogP contribution in [-0.2, 0) is 9.53 Å². The fourth-order valence-electron chi connectivity index (χ4n) is 2.83. The monoisotopic (exact) mass is 309 g/mol. The molecule has 0 saturated carbocycles. The van der Waals surface area contributed by atoms with Crippen LogP contribution in [0.25, 0.3) is 5.57 Å². The Morgan fingerprint density at radius 3 is 2.22 bits per heavy atom. The van der Waals surface area contributed by atoms with Crippen LogP contribution in [0.4, 0.5) is 5.69 Å². The summed E-state index contributed by atoms with van der Waals surface area (Å²) in [5.41, 5.74) is 14.0. The predicted molar refractivity (Wildman–Crippen MR) is 95.3 cm³/mol. The number of hydrogen-bond donors (Lipinski definition) is 1. The zero-order chi connectivity index (χ0) is 17.1.